The van der Waals surface area contributed by atoms with Crippen LogP contribution in [0.3, 0.4) is 0 Å². The highest BCUT2D eigenvalue weighted by Crippen LogP contribution is 2.34. The van der Waals surface area contributed by atoms with Gasteiger partial charge in [0.05, 0.1) is 6.10 Å². The molecule has 0 aromatic heterocycles. The van der Waals surface area contributed by atoms with E-state index >= 15 is 0 Å². The van der Waals surface area contributed by atoms with Gasteiger partial charge in [-0.25, -0.2) is 4.39 Å². The van der Waals surface area contributed by atoms with Crippen LogP contribution in [0.5, 0.6) is 0 Å². The molecule has 1 N–H and O–H groups in total. The van der Waals surface area contributed by atoms with Crippen molar-refractivity contribution in [1.82, 2.24) is 4.90 Å². The Morgan fingerprint density at radius 2 is 1.90 bits per heavy atom. The van der Waals surface area contributed by atoms with E-state index in [1.165, 1.54) is 18.9 Å². The van der Waals surface area contributed by atoms with E-state index in [-0.39, 0.29) is 17.8 Å². The Morgan fingerprint density at radius 1 is 1.29 bits per heavy atom. The first-order chi connectivity index (χ1) is 10.0. The number of rotatable bonds is 6. The van der Waals surface area contributed by atoms with Crippen molar-refractivity contribution in [3.05, 3.63) is 34.6 Å². The van der Waals surface area contributed by atoms with Gasteiger partial charge in [0, 0.05) is 22.5 Å². The Hall–Kier alpha value is -0.640. The van der Waals surface area contributed by atoms with E-state index in [0.717, 1.165) is 25.9 Å². The number of halogens is 2. The van der Waals surface area contributed by atoms with Crippen molar-refractivity contribution in [2.45, 2.75) is 57.6 Å². The molecule has 21 heavy (non-hydrogen) atoms. The van der Waals surface area contributed by atoms with Gasteiger partial charge in [-0.15, -0.1) is 0 Å². The van der Waals surface area contributed by atoms with Gasteiger partial charge in [0.15, 0.2) is 0 Å². The molecule has 1 aromatic carbocycles. The summed E-state index contributed by atoms with van der Waals surface area (Å²) >= 11 is 6.11. The minimum Gasteiger partial charge on any atom is -0.391 e. The van der Waals surface area contributed by atoms with Gasteiger partial charge >= 0.3 is 0 Å². The number of nitrogens with zero attached hydrogens (tertiary/aromatic N) is 1. The quantitative estimate of drug-likeness (QED) is 0.857. The molecule has 1 aromatic rings. The Bertz CT molecular complexity index is 450. The van der Waals surface area contributed by atoms with Crippen LogP contribution in [0.1, 0.15) is 45.1 Å². The molecular formula is C17H25ClFNO. The second-order valence-corrected chi connectivity index (χ2v) is 6.33. The predicted molar refractivity (Wildman–Crippen MR) is 85.2 cm³/mol. The highest BCUT2D eigenvalue weighted by atomic mass is 35.5. The number of benzene rings is 1. The van der Waals surface area contributed by atoms with Crippen LogP contribution in [0.4, 0.5) is 4.39 Å². The van der Waals surface area contributed by atoms with Crippen LogP contribution in [0.2, 0.25) is 5.02 Å². The third kappa shape index (κ3) is 3.25. The maximum atomic E-state index is 14.0. The van der Waals surface area contributed by atoms with E-state index in [4.69, 9.17) is 11.6 Å². The summed E-state index contributed by atoms with van der Waals surface area (Å²) in [6.45, 7) is 6.25. The van der Waals surface area contributed by atoms with E-state index in [1.54, 1.807) is 12.1 Å². The Morgan fingerprint density at radius 3 is 2.43 bits per heavy atom. The lowest BCUT2D eigenvalue weighted by Crippen LogP contribution is -2.55. The number of hydrogen-bond acceptors (Lipinski definition) is 2. The number of aliphatic hydroxyl groups is 1. The molecular weight excluding hydrogens is 289 g/mol. The zero-order chi connectivity index (χ0) is 15.5. The maximum Gasteiger partial charge on any atom is 0.127 e. The molecule has 4 heteroatoms. The van der Waals surface area contributed by atoms with Crippen molar-refractivity contribution < 1.29 is 9.50 Å². The average Bonchev–Trinajstić information content (AvgIpc) is 3.00. The molecule has 118 valence electrons. The molecule has 1 fully saturated rings. The van der Waals surface area contributed by atoms with Gasteiger partial charge in [-0.1, -0.05) is 31.5 Å². The summed E-state index contributed by atoms with van der Waals surface area (Å²) in [4.78, 5) is 2.38. The molecule has 2 rings (SSSR count). The summed E-state index contributed by atoms with van der Waals surface area (Å²) in [5.74, 6) is -0.330. The molecule has 2 nitrogen and oxygen atoms in total. The lowest BCUT2D eigenvalue weighted by atomic mass is 9.81. The molecule has 1 heterocycles. The van der Waals surface area contributed by atoms with Gasteiger partial charge in [0.1, 0.15) is 5.82 Å². The SMILES string of the molecule is CCC(CC)(C(O)Cc1c(F)cccc1Cl)N1CCCC1. The first-order valence-electron chi connectivity index (χ1n) is 7.91. The van der Waals surface area contributed by atoms with Gasteiger partial charge in [-0.2, -0.15) is 0 Å². The minimum atomic E-state index is -0.611. The molecule has 1 saturated heterocycles. The zero-order valence-electron chi connectivity index (χ0n) is 12.9. The topological polar surface area (TPSA) is 23.5 Å². The first-order valence-corrected chi connectivity index (χ1v) is 8.29. The summed E-state index contributed by atoms with van der Waals surface area (Å²) in [6, 6.07) is 4.69. The number of hydrogen-bond donors (Lipinski definition) is 1. The monoisotopic (exact) mass is 313 g/mol. The van der Waals surface area contributed by atoms with Crippen LogP contribution in [0.15, 0.2) is 18.2 Å². The molecule has 1 aliphatic rings. The summed E-state index contributed by atoms with van der Waals surface area (Å²) < 4.78 is 14.0. The third-order valence-corrected chi connectivity index (χ3v) is 5.39. The molecule has 0 amide bonds. The van der Waals surface area contributed by atoms with Crippen LogP contribution in [-0.4, -0.2) is 34.7 Å². The van der Waals surface area contributed by atoms with Crippen LogP contribution in [0, 0.1) is 5.82 Å². The van der Waals surface area contributed by atoms with Crippen molar-refractivity contribution in [2.24, 2.45) is 0 Å². The number of aliphatic hydroxyl groups excluding tert-OH is 1. The standard InChI is InChI=1S/C17H25ClFNO/c1-3-17(4-2,20-10-5-6-11-20)16(21)12-13-14(18)8-7-9-15(13)19/h7-9,16,21H,3-6,10-12H2,1-2H3. The highest BCUT2D eigenvalue weighted by Gasteiger charge is 2.41. The smallest absolute Gasteiger partial charge is 0.127 e. The zero-order valence-corrected chi connectivity index (χ0v) is 13.7. The number of likely N-dealkylation sites (tertiary alicyclic amines) is 1. The van der Waals surface area contributed by atoms with E-state index in [1.807, 2.05) is 0 Å². The normalized spacial score (nSPS) is 18.1. The average molecular weight is 314 g/mol. The van der Waals surface area contributed by atoms with Crippen LogP contribution in [-0.2, 0) is 6.42 Å². The largest absolute Gasteiger partial charge is 0.391 e. The second kappa shape index (κ2) is 7.08. The molecule has 0 spiro atoms. The fourth-order valence-corrected chi connectivity index (χ4v) is 3.89. The summed E-state index contributed by atoms with van der Waals surface area (Å²) in [7, 11) is 0. The van der Waals surface area contributed by atoms with E-state index in [9.17, 15) is 9.50 Å². The lowest BCUT2D eigenvalue weighted by molar-refractivity contribution is -0.0273. The fourth-order valence-electron chi connectivity index (χ4n) is 3.65. The molecule has 1 unspecified atom stereocenters. The van der Waals surface area contributed by atoms with Crippen molar-refractivity contribution in [3.8, 4) is 0 Å². The van der Waals surface area contributed by atoms with Crippen LogP contribution >= 0.6 is 11.6 Å². The van der Waals surface area contributed by atoms with Crippen molar-refractivity contribution in [3.63, 3.8) is 0 Å². The Balaban J connectivity index is 2.24. The Labute approximate surface area is 131 Å². The lowest BCUT2D eigenvalue weighted by Gasteiger charge is -2.44. The maximum absolute atomic E-state index is 14.0. The first kappa shape index (κ1) is 16.7. The minimum absolute atomic E-state index is 0.268. The van der Waals surface area contributed by atoms with Crippen LogP contribution < -0.4 is 0 Å². The molecule has 0 radical (unpaired) electrons. The molecule has 0 saturated carbocycles. The van der Waals surface area contributed by atoms with Crippen molar-refractivity contribution >= 4 is 11.6 Å². The third-order valence-electron chi connectivity index (χ3n) is 5.04. The summed E-state index contributed by atoms with van der Waals surface area (Å²) in [6.07, 6.45) is 3.72. The predicted octanol–water partition coefficient (Wildman–Crippen LogP) is 4.04. The van der Waals surface area contributed by atoms with Crippen LogP contribution in [0.25, 0.3) is 0 Å². The molecule has 1 aliphatic heterocycles. The molecule has 0 aliphatic carbocycles. The summed E-state index contributed by atoms with van der Waals surface area (Å²) in [5.41, 5.74) is 0.152. The van der Waals surface area contributed by atoms with Gasteiger partial charge in [-0.05, 0) is 50.9 Å². The fraction of sp³-hybridized carbons (Fsp3) is 0.647. The highest BCUT2D eigenvalue weighted by molar-refractivity contribution is 6.31. The van der Waals surface area contributed by atoms with Crippen molar-refractivity contribution in [1.29, 1.82) is 0 Å². The summed E-state index contributed by atoms with van der Waals surface area (Å²) in [5, 5.41) is 11.3. The van der Waals surface area contributed by atoms with Crippen molar-refractivity contribution in [2.75, 3.05) is 13.1 Å². The van der Waals surface area contributed by atoms with Gasteiger partial charge < -0.3 is 5.11 Å². The molecule has 1 atom stereocenters. The van der Waals surface area contributed by atoms with Gasteiger partial charge in [0.2, 0.25) is 0 Å². The molecule has 0 bridgehead atoms. The van der Waals surface area contributed by atoms with E-state index < -0.39 is 6.10 Å². The van der Waals surface area contributed by atoms with Gasteiger partial charge in [-0.3, -0.25) is 4.90 Å². The van der Waals surface area contributed by atoms with Gasteiger partial charge in [0.25, 0.3) is 0 Å². The van der Waals surface area contributed by atoms with E-state index in [0.29, 0.717) is 10.6 Å². The van der Waals surface area contributed by atoms with E-state index in [2.05, 4.69) is 18.7 Å². The Kier molecular flexibility index (Phi) is 5.64. The second-order valence-electron chi connectivity index (χ2n) is 5.92.